The number of rotatable bonds is 5. The number of aliphatic hydroxyl groups is 1. The van der Waals surface area contributed by atoms with Gasteiger partial charge in [0.25, 0.3) is 0 Å². The Labute approximate surface area is 93.2 Å². The van der Waals surface area contributed by atoms with Crippen LogP contribution in [0.5, 0.6) is 0 Å². The number of hydrazine groups is 1. The van der Waals surface area contributed by atoms with Crippen molar-refractivity contribution in [1.29, 1.82) is 0 Å². The van der Waals surface area contributed by atoms with Gasteiger partial charge in [0.1, 0.15) is 0 Å². The zero-order valence-electron chi connectivity index (χ0n) is 10.3. The quantitative estimate of drug-likeness (QED) is 0.691. The first-order chi connectivity index (χ1) is 7.09. The summed E-state index contributed by atoms with van der Waals surface area (Å²) in [6.07, 6.45) is 1.62. The van der Waals surface area contributed by atoms with E-state index in [2.05, 4.69) is 22.4 Å². The van der Waals surface area contributed by atoms with E-state index in [0.29, 0.717) is 6.54 Å². The molecule has 1 heterocycles. The largest absolute Gasteiger partial charge is 0.389 e. The topological polar surface area (TPSA) is 38.7 Å². The molecule has 0 saturated carbocycles. The fourth-order valence-corrected chi connectivity index (χ4v) is 1.72. The highest BCUT2D eigenvalue weighted by Crippen LogP contribution is 2.13. The number of nitrogens with zero attached hydrogens (tertiary/aromatic N) is 2. The summed E-state index contributed by atoms with van der Waals surface area (Å²) < 4.78 is 0. The van der Waals surface area contributed by atoms with E-state index < -0.39 is 5.60 Å². The summed E-state index contributed by atoms with van der Waals surface area (Å²) in [5.41, 5.74) is 2.80. The Balaban J connectivity index is 2.24. The minimum Gasteiger partial charge on any atom is -0.389 e. The van der Waals surface area contributed by atoms with Gasteiger partial charge in [0, 0.05) is 32.7 Å². The van der Waals surface area contributed by atoms with Crippen molar-refractivity contribution < 1.29 is 5.11 Å². The molecule has 15 heavy (non-hydrogen) atoms. The van der Waals surface area contributed by atoms with E-state index >= 15 is 0 Å². The van der Waals surface area contributed by atoms with E-state index in [4.69, 9.17) is 0 Å². The van der Waals surface area contributed by atoms with E-state index in [0.717, 1.165) is 39.0 Å². The third-order valence-electron chi connectivity index (χ3n) is 3.45. The normalized spacial score (nSPS) is 20.8. The fraction of sp³-hybridized carbons (Fsp3) is 1.00. The first kappa shape index (κ1) is 12.9. The second-order valence-corrected chi connectivity index (χ2v) is 4.56. The van der Waals surface area contributed by atoms with Gasteiger partial charge < -0.3 is 10.0 Å². The van der Waals surface area contributed by atoms with E-state index in [1.165, 1.54) is 0 Å². The zero-order chi connectivity index (χ0) is 11.3. The third-order valence-corrected chi connectivity index (χ3v) is 3.45. The molecular weight excluding hydrogens is 190 g/mol. The van der Waals surface area contributed by atoms with Crippen molar-refractivity contribution in [2.24, 2.45) is 0 Å². The van der Waals surface area contributed by atoms with E-state index in [1.807, 2.05) is 13.8 Å². The Kier molecular flexibility index (Phi) is 4.99. The van der Waals surface area contributed by atoms with Gasteiger partial charge in [-0.3, -0.25) is 5.43 Å². The summed E-state index contributed by atoms with van der Waals surface area (Å²) in [6, 6.07) is 0. The van der Waals surface area contributed by atoms with Crippen molar-refractivity contribution >= 4 is 0 Å². The molecule has 0 bridgehead atoms. The first-order valence-electron chi connectivity index (χ1n) is 5.99. The summed E-state index contributed by atoms with van der Waals surface area (Å²) in [5.74, 6) is 0. The number of likely N-dealkylation sites (N-methyl/N-ethyl adjacent to an activating group) is 1. The monoisotopic (exact) mass is 215 g/mol. The molecule has 0 aromatic rings. The molecule has 2 N–H and O–H groups in total. The predicted molar refractivity (Wildman–Crippen MR) is 62.6 cm³/mol. The molecule has 0 unspecified atom stereocenters. The van der Waals surface area contributed by atoms with E-state index in [9.17, 15) is 5.11 Å². The lowest BCUT2D eigenvalue weighted by atomic mass is 9.98. The molecule has 0 aromatic heterocycles. The lowest BCUT2D eigenvalue weighted by Crippen LogP contribution is -2.54. The smallest absolute Gasteiger partial charge is 0.0780 e. The SMILES string of the molecule is CCC(O)(CC)CNN1CCN(C)CC1. The minimum absolute atomic E-state index is 0.538. The minimum atomic E-state index is -0.538. The van der Waals surface area contributed by atoms with Crippen molar-refractivity contribution in [3.63, 3.8) is 0 Å². The zero-order valence-corrected chi connectivity index (χ0v) is 10.3. The van der Waals surface area contributed by atoms with Gasteiger partial charge in [-0.2, -0.15) is 0 Å². The Hall–Kier alpha value is -0.160. The molecule has 1 aliphatic heterocycles. The number of hydrogen-bond donors (Lipinski definition) is 2. The van der Waals surface area contributed by atoms with Gasteiger partial charge in [0.2, 0.25) is 0 Å². The second-order valence-electron chi connectivity index (χ2n) is 4.56. The van der Waals surface area contributed by atoms with Crippen molar-refractivity contribution in [3.8, 4) is 0 Å². The molecule has 0 aromatic carbocycles. The molecule has 1 aliphatic rings. The van der Waals surface area contributed by atoms with Crippen LogP contribution < -0.4 is 5.43 Å². The van der Waals surface area contributed by atoms with Crippen LogP contribution in [0.25, 0.3) is 0 Å². The number of piperazine rings is 1. The van der Waals surface area contributed by atoms with Gasteiger partial charge in [-0.15, -0.1) is 0 Å². The lowest BCUT2D eigenvalue weighted by Gasteiger charge is -2.35. The number of hydrogen-bond acceptors (Lipinski definition) is 4. The summed E-state index contributed by atoms with van der Waals surface area (Å²) >= 11 is 0. The predicted octanol–water partition coefficient (Wildman–Crippen LogP) is 0.290. The van der Waals surface area contributed by atoms with Gasteiger partial charge >= 0.3 is 0 Å². The molecule has 0 radical (unpaired) electrons. The van der Waals surface area contributed by atoms with Crippen LogP contribution in [0.3, 0.4) is 0 Å². The van der Waals surface area contributed by atoms with Crippen molar-refractivity contribution in [3.05, 3.63) is 0 Å². The van der Waals surface area contributed by atoms with Crippen molar-refractivity contribution in [2.45, 2.75) is 32.3 Å². The molecule has 1 fully saturated rings. The van der Waals surface area contributed by atoms with Crippen molar-refractivity contribution in [1.82, 2.24) is 15.3 Å². The first-order valence-corrected chi connectivity index (χ1v) is 5.99. The van der Waals surface area contributed by atoms with Crippen LogP contribution in [0, 0.1) is 0 Å². The van der Waals surface area contributed by atoms with E-state index in [-0.39, 0.29) is 0 Å². The molecule has 0 spiro atoms. The van der Waals surface area contributed by atoms with Crippen LogP contribution in [0.2, 0.25) is 0 Å². The molecule has 90 valence electrons. The highest BCUT2D eigenvalue weighted by molar-refractivity contribution is 4.78. The van der Waals surface area contributed by atoms with Gasteiger partial charge in [0.05, 0.1) is 5.60 Å². The van der Waals surface area contributed by atoms with Crippen LogP contribution >= 0.6 is 0 Å². The Morgan fingerprint density at radius 2 is 1.67 bits per heavy atom. The highest BCUT2D eigenvalue weighted by atomic mass is 16.3. The van der Waals surface area contributed by atoms with Crippen LogP contribution in [0.1, 0.15) is 26.7 Å². The Bertz CT molecular complexity index is 175. The average Bonchev–Trinajstić information content (AvgIpc) is 2.28. The van der Waals surface area contributed by atoms with Crippen LogP contribution in [0.4, 0.5) is 0 Å². The fourth-order valence-electron chi connectivity index (χ4n) is 1.72. The maximum absolute atomic E-state index is 10.1. The molecule has 0 amide bonds. The molecule has 4 nitrogen and oxygen atoms in total. The van der Waals surface area contributed by atoms with Crippen LogP contribution in [-0.4, -0.2) is 60.4 Å². The molecule has 0 atom stereocenters. The van der Waals surface area contributed by atoms with Gasteiger partial charge in [0.15, 0.2) is 0 Å². The standard InChI is InChI=1S/C11H25N3O/c1-4-11(15,5-2)10-12-14-8-6-13(3)7-9-14/h12,15H,4-10H2,1-3H3. The summed E-state index contributed by atoms with van der Waals surface area (Å²) in [5, 5.41) is 12.3. The number of nitrogens with one attached hydrogen (secondary N) is 1. The summed E-state index contributed by atoms with van der Waals surface area (Å²) in [7, 11) is 2.14. The molecule has 1 saturated heterocycles. The summed E-state index contributed by atoms with van der Waals surface area (Å²) in [6.45, 7) is 9.03. The highest BCUT2D eigenvalue weighted by Gasteiger charge is 2.23. The maximum atomic E-state index is 10.1. The Morgan fingerprint density at radius 3 is 2.13 bits per heavy atom. The van der Waals surface area contributed by atoms with Crippen LogP contribution in [0.15, 0.2) is 0 Å². The van der Waals surface area contributed by atoms with E-state index in [1.54, 1.807) is 0 Å². The van der Waals surface area contributed by atoms with Gasteiger partial charge in [-0.05, 0) is 19.9 Å². The summed E-state index contributed by atoms with van der Waals surface area (Å²) in [4.78, 5) is 2.32. The molecule has 4 heteroatoms. The van der Waals surface area contributed by atoms with Crippen LogP contribution in [-0.2, 0) is 0 Å². The second kappa shape index (κ2) is 5.80. The van der Waals surface area contributed by atoms with Gasteiger partial charge in [-0.1, -0.05) is 13.8 Å². The van der Waals surface area contributed by atoms with Gasteiger partial charge in [-0.25, -0.2) is 5.01 Å². The maximum Gasteiger partial charge on any atom is 0.0780 e. The molecule has 1 rings (SSSR count). The third kappa shape index (κ3) is 4.07. The van der Waals surface area contributed by atoms with Crippen molar-refractivity contribution in [2.75, 3.05) is 39.8 Å². The molecular formula is C11H25N3O. The average molecular weight is 215 g/mol. The Morgan fingerprint density at radius 1 is 1.13 bits per heavy atom. The molecule has 0 aliphatic carbocycles. The lowest BCUT2D eigenvalue weighted by molar-refractivity contribution is 0.000750.